The zero-order valence-electron chi connectivity index (χ0n) is 12.9. The van der Waals surface area contributed by atoms with Crippen molar-refractivity contribution in [2.24, 2.45) is 4.99 Å². The molecule has 0 spiro atoms. The molecule has 4 rings (SSSR count). The smallest absolute Gasteiger partial charge is 0.212 e. The maximum atomic E-state index is 13.0. The van der Waals surface area contributed by atoms with Crippen LogP contribution in [0.3, 0.4) is 0 Å². The molecule has 4 nitrogen and oxygen atoms in total. The molecule has 0 aliphatic carbocycles. The van der Waals surface area contributed by atoms with Crippen molar-refractivity contribution in [2.45, 2.75) is 0 Å². The molecule has 0 bridgehead atoms. The van der Waals surface area contributed by atoms with Gasteiger partial charge in [-0.2, -0.15) is 0 Å². The SMILES string of the molecule is O=C(c1ccccc1)c1nc(C2=NCCN2)sc1-c1ccccc1. The van der Waals surface area contributed by atoms with Crippen molar-refractivity contribution in [1.82, 2.24) is 10.3 Å². The molecule has 0 saturated carbocycles. The Bertz CT molecular complexity index is 901. The van der Waals surface area contributed by atoms with Crippen molar-refractivity contribution in [3.8, 4) is 10.4 Å². The molecule has 1 N–H and O–H groups in total. The van der Waals surface area contributed by atoms with Crippen LogP contribution in [0.4, 0.5) is 0 Å². The lowest BCUT2D eigenvalue weighted by molar-refractivity contribution is 0.103. The van der Waals surface area contributed by atoms with Crippen LogP contribution in [0.1, 0.15) is 21.1 Å². The molecule has 0 unspecified atom stereocenters. The van der Waals surface area contributed by atoms with Crippen LogP contribution in [0.25, 0.3) is 10.4 Å². The topological polar surface area (TPSA) is 54.4 Å². The van der Waals surface area contributed by atoms with Crippen LogP contribution in [0, 0.1) is 0 Å². The van der Waals surface area contributed by atoms with Gasteiger partial charge in [-0.3, -0.25) is 9.79 Å². The van der Waals surface area contributed by atoms with Gasteiger partial charge >= 0.3 is 0 Å². The Morgan fingerprint density at radius 3 is 2.38 bits per heavy atom. The van der Waals surface area contributed by atoms with Gasteiger partial charge in [0.2, 0.25) is 5.78 Å². The highest BCUT2D eigenvalue weighted by Gasteiger charge is 2.23. The van der Waals surface area contributed by atoms with Crippen LogP contribution in [0.2, 0.25) is 0 Å². The average Bonchev–Trinajstić information content (AvgIpc) is 3.32. The van der Waals surface area contributed by atoms with Crippen molar-refractivity contribution >= 4 is 23.0 Å². The Labute approximate surface area is 143 Å². The molecule has 3 aromatic rings. The predicted octanol–water partition coefficient (Wildman–Crippen LogP) is 3.39. The molecule has 24 heavy (non-hydrogen) atoms. The number of amidine groups is 1. The number of aromatic nitrogens is 1. The Morgan fingerprint density at radius 2 is 1.71 bits per heavy atom. The van der Waals surface area contributed by atoms with Gasteiger partial charge in [-0.1, -0.05) is 60.7 Å². The molecule has 118 valence electrons. The normalized spacial score (nSPS) is 13.4. The van der Waals surface area contributed by atoms with Crippen molar-refractivity contribution in [2.75, 3.05) is 13.1 Å². The number of carbonyl (C=O) groups excluding carboxylic acids is 1. The van der Waals surface area contributed by atoms with Gasteiger partial charge in [0.25, 0.3) is 0 Å². The fourth-order valence-electron chi connectivity index (χ4n) is 2.63. The highest BCUT2D eigenvalue weighted by molar-refractivity contribution is 7.17. The second kappa shape index (κ2) is 6.37. The Kier molecular flexibility index (Phi) is 3.92. The number of hydrogen-bond donors (Lipinski definition) is 1. The van der Waals surface area contributed by atoms with E-state index in [1.807, 2.05) is 60.7 Å². The van der Waals surface area contributed by atoms with Crippen molar-refractivity contribution in [3.63, 3.8) is 0 Å². The Balaban J connectivity index is 1.83. The number of hydrogen-bond acceptors (Lipinski definition) is 5. The Morgan fingerprint density at radius 1 is 1.00 bits per heavy atom. The van der Waals surface area contributed by atoms with E-state index in [1.54, 1.807) is 0 Å². The van der Waals surface area contributed by atoms with Crippen LogP contribution in [-0.2, 0) is 0 Å². The molecule has 0 atom stereocenters. The zero-order valence-corrected chi connectivity index (χ0v) is 13.7. The van der Waals surface area contributed by atoms with E-state index >= 15 is 0 Å². The van der Waals surface area contributed by atoms with Gasteiger partial charge in [0, 0.05) is 12.1 Å². The van der Waals surface area contributed by atoms with E-state index in [2.05, 4.69) is 15.3 Å². The molecule has 1 aliphatic rings. The molecule has 5 heteroatoms. The predicted molar refractivity (Wildman–Crippen MR) is 96.8 cm³/mol. The van der Waals surface area contributed by atoms with E-state index in [1.165, 1.54) is 11.3 Å². The van der Waals surface area contributed by atoms with E-state index in [0.29, 0.717) is 11.3 Å². The van der Waals surface area contributed by atoms with E-state index in [9.17, 15) is 4.79 Å². The average molecular weight is 333 g/mol. The third kappa shape index (κ3) is 2.74. The fourth-order valence-corrected chi connectivity index (χ4v) is 3.68. The number of nitrogens with zero attached hydrogens (tertiary/aromatic N) is 2. The van der Waals surface area contributed by atoms with Crippen LogP contribution < -0.4 is 5.32 Å². The summed E-state index contributed by atoms with van der Waals surface area (Å²) in [6, 6.07) is 19.2. The quantitative estimate of drug-likeness (QED) is 0.745. The first-order valence-electron chi connectivity index (χ1n) is 7.77. The van der Waals surface area contributed by atoms with Gasteiger partial charge in [-0.15, -0.1) is 11.3 Å². The summed E-state index contributed by atoms with van der Waals surface area (Å²) >= 11 is 1.51. The molecule has 0 fully saturated rings. The number of thiazole rings is 1. The lowest BCUT2D eigenvalue weighted by Crippen LogP contribution is -2.19. The lowest BCUT2D eigenvalue weighted by atomic mass is 10.0. The lowest BCUT2D eigenvalue weighted by Gasteiger charge is -2.02. The van der Waals surface area contributed by atoms with Gasteiger partial charge in [-0.05, 0) is 5.56 Å². The van der Waals surface area contributed by atoms with E-state index in [4.69, 9.17) is 0 Å². The second-order valence-electron chi connectivity index (χ2n) is 5.42. The van der Waals surface area contributed by atoms with Crippen molar-refractivity contribution in [3.05, 3.63) is 76.9 Å². The molecule has 2 aromatic carbocycles. The van der Waals surface area contributed by atoms with Gasteiger partial charge in [0.15, 0.2) is 10.8 Å². The van der Waals surface area contributed by atoms with Crippen LogP contribution in [0.5, 0.6) is 0 Å². The standard InChI is InChI=1S/C19H15N3OS/c23-16(13-7-3-1-4-8-13)15-17(14-9-5-2-6-10-14)24-19(22-15)18-20-11-12-21-18/h1-10H,11-12H2,(H,20,21). The summed E-state index contributed by atoms with van der Waals surface area (Å²) < 4.78 is 0. The molecular formula is C19H15N3OS. The maximum absolute atomic E-state index is 13.0. The summed E-state index contributed by atoms with van der Waals surface area (Å²) in [6.45, 7) is 1.56. The number of rotatable bonds is 4. The zero-order chi connectivity index (χ0) is 16.4. The molecule has 2 heterocycles. The minimum atomic E-state index is -0.0597. The summed E-state index contributed by atoms with van der Waals surface area (Å²) in [5, 5.41) is 4.00. The molecule has 1 aromatic heterocycles. The summed E-state index contributed by atoms with van der Waals surface area (Å²) in [6.07, 6.45) is 0. The van der Waals surface area contributed by atoms with E-state index in [0.717, 1.165) is 34.4 Å². The van der Waals surface area contributed by atoms with Gasteiger partial charge < -0.3 is 5.32 Å². The highest BCUT2D eigenvalue weighted by atomic mass is 32.1. The van der Waals surface area contributed by atoms with Crippen LogP contribution >= 0.6 is 11.3 Å². The number of aliphatic imine (C=N–C) groups is 1. The summed E-state index contributed by atoms with van der Waals surface area (Å²) in [5.74, 6) is 0.722. The van der Waals surface area contributed by atoms with E-state index < -0.39 is 0 Å². The maximum Gasteiger partial charge on any atom is 0.212 e. The van der Waals surface area contributed by atoms with Crippen LogP contribution in [0.15, 0.2) is 65.7 Å². The number of benzene rings is 2. The largest absolute Gasteiger partial charge is 0.366 e. The summed E-state index contributed by atoms with van der Waals surface area (Å²) in [7, 11) is 0. The van der Waals surface area contributed by atoms with Crippen molar-refractivity contribution < 1.29 is 4.79 Å². The first-order valence-corrected chi connectivity index (χ1v) is 8.59. The Hall–Kier alpha value is -2.79. The molecule has 0 amide bonds. The van der Waals surface area contributed by atoms with Gasteiger partial charge in [0.1, 0.15) is 5.69 Å². The number of nitrogens with one attached hydrogen (secondary N) is 1. The van der Waals surface area contributed by atoms with E-state index in [-0.39, 0.29) is 5.78 Å². The third-order valence-corrected chi connectivity index (χ3v) is 4.90. The van der Waals surface area contributed by atoms with Gasteiger partial charge in [-0.25, -0.2) is 4.98 Å². The summed E-state index contributed by atoms with van der Waals surface area (Å²) in [4.78, 5) is 22.9. The third-order valence-electron chi connectivity index (χ3n) is 3.79. The second-order valence-corrected chi connectivity index (χ2v) is 6.41. The molecule has 0 radical (unpaired) electrons. The van der Waals surface area contributed by atoms with Crippen molar-refractivity contribution in [1.29, 1.82) is 0 Å². The first-order chi connectivity index (χ1) is 11.8. The minimum absolute atomic E-state index is 0.0597. The molecule has 0 saturated heterocycles. The monoisotopic (exact) mass is 333 g/mol. The number of carbonyl (C=O) groups is 1. The van der Waals surface area contributed by atoms with Crippen LogP contribution in [-0.4, -0.2) is 29.7 Å². The molecular weight excluding hydrogens is 318 g/mol. The fraction of sp³-hybridized carbons (Fsp3) is 0.105. The molecule has 1 aliphatic heterocycles. The first kappa shape index (κ1) is 14.8. The number of ketones is 1. The van der Waals surface area contributed by atoms with Gasteiger partial charge in [0.05, 0.1) is 11.4 Å². The summed E-state index contributed by atoms with van der Waals surface area (Å²) in [5.41, 5.74) is 2.13. The minimum Gasteiger partial charge on any atom is -0.366 e. The highest BCUT2D eigenvalue weighted by Crippen LogP contribution is 2.32.